The molecule has 0 radical (unpaired) electrons. The summed E-state index contributed by atoms with van der Waals surface area (Å²) in [6.07, 6.45) is 0. The Morgan fingerprint density at radius 3 is 2.27 bits per heavy atom. The minimum Gasteiger partial charge on any atom is -0.507 e. The Hall–Kier alpha value is -3.19. The number of halogens is 3. The molecule has 0 saturated carbocycles. The molecule has 3 aromatic rings. The second-order valence-corrected chi connectivity index (χ2v) is 8.41. The Bertz CT molecular complexity index is 1310. The van der Waals surface area contributed by atoms with Crippen LogP contribution in [0.4, 0.5) is 5.69 Å². The van der Waals surface area contributed by atoms with Crippen molar-refractivity contribution in [3.8, 4) is 11.5 Å². The molecule has 1 heterocycles. The van der Waals surface area contributed by atoms with Gasteiger partial charge in [0.1, 0.15) is 5.76 Å². The molecule has 1 atom stereocenters. The number of phenolic OH excluding ortho intramolecular Hbond substituents is 1. The van der Waals surface area contributed by atoms with Crippen LogP contribution in [0, 0.1) is 0 Å². The number of nitrogens with zero attached hydrogens (tertiary/aromatic N) is 1. The molecule has 1 fully saturated rings. The van der Waals surface area contributed by atoms with Crippen LogP contribution >= 0.6 is 34.8 Å². The number of methoxy groups -OCH3 is 1. The van der Waals surface area contributed by atoms with E-state index in [4.69, 9.17) is 39.5 Å². The van der Waals surface area contributed by atoms with Crippen molar-refractivity contribution in [3.05, 3.63) is 92.4 Å². The van der Waals surface area contributed by atoms with E-state index in [1.54, 1.807) is 30.3 Å². The molecule has 168 valence electrons. The molecule has 1 aliphatic rings. The molecule has 0 spiro atoms. The SMILES string of the molecule is COc1cc(C2/C(=C(\O)c3ccc(Cl)c(Cl)c3)C(=O)C(=O)N2c2ccccc2)cc(Cl)c1O. The molecule has 0 aliphatic carbocycles. The lowest BCUT2D eigenvalue weighted by atomic mass is 9.94. The number of Topliss-reactive ketones (excluding diaryl/α,β-unsaturated/α-hetero) is 1. The first-order valence-corrected chi connectivity index (χ1v) is 10.8. The second-order valence-electron chi connectivity index (χ2n) is 7.19. The van der Waals surface area contributed by atoms with Crippen LogP contribution < -0.4 is 9.64 Å². The number of anilines is 1. The lowest BCUT2D eigenvalue weighted by Crippen LogP contribution is -2.29. The largest absolute Gasteiger partial charge is 0.507 e. The second kappa shape index (κ2) is 8.98. The van der Waals surface area contributed by atoms with Crippen molar-refractivity contribution >= 4 is 57.9 Å². The number of ketones is 1. The highest BCUT2D eigenvalue weighted by atomic mass is 35.5. The predicted octanol–water partition coefficient (Wildman–Crippen LogP) is 5.99. The van der Waals surface area contributed by atoms with E-state index in [0.717, 1.165) is 0 Å². The van der Waals surface area contributed by atoms with Gasteiger partial charge in [-0.3, -0.25) is 14.5 Å². The topological polar surface area (TPSA) is 87.1 Å². The zero-order valence-electron chi connectivity index (χ0n) is 17.1. The van der Waals surface area contributed by atoms with E-state index < -0.39 is 23.5 Å². The van der Waals surface area contributed by atoms with Gasteiger partial charge in [-0.25, -0.2) is 0 Å². The molecule has 2 N–H and O–H groups in total. The zero-order valence-corrected chi connectivity index (χ0v) is 19.3. The maximum atomic E-state index is 13.2. The fraction of sp³-hybridized carbons (Fsp3) is 0.0833. The average Bonchev–Trinajstić information content (AvgIpc) is 3.08. The normalized spacial score (nSPS) is 17.5. The number of phenols is 1. The number of benzene rings is 3. The summed E-state index contributed by atoms with van der Waals surface area (Å²) in [7, 11) is 1.35. The van der Waals surface area contributed by atoms with Gasteiger partial charge < -0.3 is 14.9 Å². The molecule has 0 bridgehead atoms. The Balaban J connectivity index is 2.00. The van der Waals surface area contributed by atoms with Gasteiger partial charge in [0.15, 0.2) is 11.5 Å². The van der Waals surface area contributed by atoms with E-state index in [9.17, 15) is 19.8 Å². The van der Waals surface area contributed by atoms with E-state index in [1.807, 2.05) is 0 Å². The van der Waals surface area contributed by atoms with Crippen LogP contribution in [-0.2, 0) is 9.59 Å². The molecular formula is C24H16Cl3NO5. The first-order valence-electron chi connectivity index (χ1n) is 9.62. The summed E-state index contributed by atoms with van der Waals surface area (Å²) >= 11 is 18.3. The van der Waals surface area contributed by atoms with Crippen molar-refractivity contribution in [2.75, 3.05) is 12.0 Å². The van der Waals surface area contributed by atoms with Crippen LogP contribution in [0.5, 0.6) is 11.5 Å². The number of para-hydroxylation sites is 1. The third-order valence-corrected chi connectivity index (χ3v) is 6.29. The standard InChI is InChI=1S/C24H16Cl3NO5/c1-33-18-11-13(10-17(27)22(18)30)20-19(21(29)12-7-8-15(25)16(26)9-12)23(31)24(32)28(20)14-5-3-2-4-6-14/h2-11,20,29-30H,1H3/b21-19+. The number of aliphatic hydroxyl groups excluding tert-OH is 1. The lowest BCUT2D eigenvalue weighted by molar-refractivity contribution is -0.132. The summed E-state index contributed by atoms with van der Waals surface area (Å²) in [5, 5.41) is 21.7. The maximum absolute atomic E-state index is 13.2. The number of aliphatic hydroxyl groups is 1. The van der Waals surface area contributed by atoms with Gasteiger partial charge in [-0.2, -0.15) is 0 Å². The van der Waals surface area contributed by atoms with Crippen LogP contribution in [0.3, 0.4) is 0 Å². The van der Waals surface area contributed by atoms with Crippen LogP contribution in [0.15, 0.2) is 66.2 Å². The number of hydrogen-bond acceptors (Lipinski definition) is 5. The molecule has 6 nitrogen and oxygen atoms in total. The van der Waals surface area contributed by atoms with Crippen LogP contribution in [0.2, 0.25) is 15.1 Å². The number of ether oxygens (including phenoxy) is 1. The molecule has 9 heteroatoms. The Morgan fingerprint density at radius 1 is 0.939 bits per heavy atom. The van der Waals surface area contributed by atoms with Gasteiger partial charge in [0.2, 0.25) is 0 Å². The monoisotopic (exact) mass is 503 g/mol. The first-order chi connectivity index (χ1) is 15.7. The number of rotatable bonds is 4. The molecular weight excluding hydrogens is 489 g/mol. The van der Waals surface area contributed by atoms with Gasteiger partial charge in [0.25, 0.3) is 11.7 Å². The number of carbonyl (C=O) groups is 2. The molecule has 1 unspecified atom stereocenters. The van der Waals surface area contributed by atoms with Crippen LogP contribution in [-0.4, -0.2) is 29.0 Å². The molecule has 3 aromatic carbocycles. The van der Waals surface area contributed by atoms with Crippen LogP contribution in [0.25, 0.3) is 5.76 Å². The summed E-state index contributed by atoms with van der Waals surface area (Å²) in [5.41, 5.74) is 0.809. The molecule has 33 heavy (non-hydrogen) atoms. The third kappa shape index (κ3) is 4.02. The van der Waals surface area contributed by atoms with Gasteiger partial charge in [-0.05, 0) is 48.0 Å². The lowest BCUT2D eigenvalue weighted by Gasteiger charge is -2.26. The van der Waals surface area contributed by atoms with E-state index >= 15 is 0 Å². The van der Waals surface area contributed by atoms with E-state index in [1.165, 1.54) is 42.3 Å². The van der Waals surface area contributed by atoms with Gasteiger partial charge in [0.05, 0.1) is 33.8 Å². The van der Waals surface area contributed by atoms with Crippen molar-refractivity contribution in [2.24, 2.45) is 0 Å². The number of amides is 1. The fourth-order valence-electron chi connectivity index (χ4n) is 3.71. The highest BCUT2D eigenvalue weighted by Crippen LogP contribution is 2.46. The summed E-state index contributed by atoms with van der Waals surface area (Å²) in [6.45, 7) is 0. The van der Waals surface area contributed by atoms with Crippen molar-refractivity contribution in [2.45, 2.75) is 6.04 Å². The summed E-state index contributed by atoms with van der Waals surface area (Å²) in [4.78, 5) is 27.6. The Kier molecular flexibility index (Phi) is 6.26. The minimum atomic E-state index is -1.06. The molecule has 1 aliphatic heterocycles. The van der Waals surface area contributed by atoms with Crippen molar-refractivity contribution in [3.63, 3.8) is 0 Å². The number of aromatic hydroxyl groups is 1. The van der Waals surface area contributed by atoms with E-state index in [-0.39, 0.29) is 37.7 Å². The van der Waals surface area contributed by atoms with Gasteiger partial charge in [-0.1, -0.05) is 53.0 Å². The van der Waals surface area contributed by atoms with Gasteiger partial charge in [-0.15, -0.1) is 0 Å². The Labute approximate surface area is 204 Å². The smallest absolute Gasteiger partial charge is 0.300 e. The maximum Gasteiger partial charge on any atom is 0.300 e. The van der Waals surface area contributed by atoms with Crippen molar-refractivity contribution < 1.29 is 24.5 Å². The average molecular weight is 505 g/mol. The van der Waals surface area contributed by atoms with Crippen molar-refractivity contribution in [1.29, 1.82) is 0 Å². The fourth-order valence-corrected chi connectivity index (χ4v) is 4.23. The summed E-state index contributed by atoms with van der Waals surface area (Å²) in [5.74, 6) is -2.40. The molecule has 1 saturated heterocycles. The number of carbonyl (C=O) groups excluding carboxylic acids is 2. The molecule has 0 aromatic heterocycles. The Morgan fingerprint density at radius 2 is 1.64 bits per heavy atom. The van der Waals surface area contributed by atoms with Gasteiger partial charge in [0, 0.05) is 11.3 Å². The highest BCUT2D eigenvalue weighted by Gasteiger charge is 2.47. The summed E-state index contributed by atoms with van der Waals surface area (Å²) < 4.78 is 5.20. The van der Waals surface area contributed by atoms with Gasteiger partial charge >= 0.3 is 0 Å². The van der Waals surface area contributed by atoms with Crippen LogP contribution in [0.1, 0.15) is 17.2 Å². The molecule has 1 amide bonds. The third-order valence-electron chi connectivity index (χ3n) is 5.26. The van der Waals surface area contributed by atoms with E-state index in [0.29, 0.717) is 11.3 Å². The minimum absolute atomic E-state index is 0.0439. The first kappa shape index (κ1) is 23.0. The van der Waals surface area contributed by atoms with Crippen molar-refractivity contribution in [1.82, 2.24) is 0 Å². The summed E-state index contributed by atoms with van der Waals surface area (Å²) in [6, 6.07) is 14.7. The quantitative estimate of drug-likeness (QED) is 0.259. The highest BCUT2D eigenvalue weighted by molar-refractivity contribution is 6.52. The number of hydrogen-bond donors (Lipinski definition) is 2. The van der Waals surface area contributed by atoms with E-state index in [2.05, 4.69) is 0 Å². The predicted molar refractivity (Wildman–Crippen MR) is 127 cm³/mol. The zero-order chi connectivity index (χ0) is 23.9. The molecule has 4 rings (SSSR count).